The van der Waals surface area contributed by atoms with E-state index in [4.69, 9.17) is 4.42 Å². The number of aromatic amines is 1. The molecule has 1 aliphatic rings. The van der Waals surface area contributed by atoms with E-state index in [1.165, 1.54) is 0 Å². The van der Waals surface area contributed by atoms with Gasteiger partial charge in [-0.1, -0.05) is 50.1 Å². The van der Waals surface area contributed by atoms with Gasteiger partial charge in [0.1, 0.15) is 11.3 Å². The molecule has 1 aliphatic carbocycles. The lowest BCUT2D eigenvalue weighted by Gasteiger charge is -2.32. The average Bonchev–Trinajstić information content (AvgIpc) is 3.65. The summed E-state index contributed by atoms with van der Waals surface area (Å²) < 4.78 is 7.00. The van der Waals surface area contributed by atoms with Gasteiger partial charge in [0.05, 0.1) is 9.89 Å². The van der Waals surface area contributed by atoms with Crippen LogP contribution in [0.15, 0.2) is 51.4 Å². The van der Waals surface area contributed by atoms with Gasteiger partial charge in [0.15, 0.2) is 5.82 Å². The van der Waals surface area contributed by atoms with Crippen LogP contribution in [0.1, 0.15) is 44.6 Å². The molecule has 2 N–H and O–H groups in total. The maximum atomic E-state index is 12.8. The number of benzene rings is 2. The van der Waals surface area contributed by atoms with Crippen LogP contribution in [0, 0.1) is 5.41 Å². The minimum absolute atomic E-state index is 0.0517. The quantitative estimate of drug-likeness (QED) is 0.299. The van der Waals surface area contributed by atoms with Gasteiger partial charge >= 0.3 is 5.97 Å². The molecule has 10 heteroatoms. The van der Waals surface area contributed by atoms with Crippen LogP contribution >= 0.6 is 15.9 Å². The number of rotatable bonds is 8. The number of fused-ring (bicyclic) bond motifs is 1. The van der Waals surface area contributed by atoms with Crippen molar-refractivity contribution >= 4 is 38.8 Å². The summed E-state index contributed by atoms with van der Waals surface area (Å²) >= 11 is 3.71. The van der Waals surface area contributed by atoms with Gasteiger partial charge in [-0.05, 0) is 56.9 Å². The first-order valence-corrected chi connectivity index (χ1v) is 12.8. The lowest BCUT2D eigenvalue weighted by molar-refractivity contribution is -0.151. The summed E-state index contributed by atoms with van der Waals surface area (Å²) in [5.41, 5.74) is 2.36. The van der Waals surface area contributed by atoms with E-state index in [1.807, 2.05) is 42.5 Å². The first-order chi connectivity index (χ1) is 17.4. The summed E-state index contributed by atoms with van der Waals surface area (Å²) in [5.74, 6) is 0.314. The van der Waals surface area contributed by atoms with Gasteiger partial charge in [0.2, 0.25) is 5.91 Å². The van der Waals surface area contributed by atoms with Crippen LogP contribution < -0.4 is 0 Å². The highest BCUT2D eigenvalue weighted by Crippen LogP contribution is 2.42. The van der Waals surface area contributed by atoms with E-state index >= 15 is 0 Å². The molecule has 4 aromatic rings. The van der Waals surface area contributed by atoms with Crippen LogP contribution in [0.3, 0.4) is 0 Å². The Morgan fingerprint density at radius 1 is 1.17 bits per heavy atom. The number of nitrogens with one attached hydrogen (secondary N) is 1. The molecule has 2 heterocycles. The standard InChI is InChI=1S/C26H26BrN5O4/c1-2-21(33)32(15-26(25(34)35)11-5-6-12-26)14-16-9-10-20-19(13-16)22(27)23(36-20)17-7-3-4-8-18(17)24-28-30-31-29-24/h3-4,7-10,13H,2,5-6,11-12,14-15H2,1H3,(H,34,35)(H,28,29,30,31). The largest absolute Gasteiger partial charge is 0.481 e. The number of aromatic nitrogens is 4. The Bertz CT molecular complexity index is 1410. The molecular formula is C26H26BrN5O4. The Kier molecular flexibility index (Phi) is 6.61. The highest BCUT2D eigenvalue weighted by Gasteiger charge is 2.43. The van der Waals surface area contributed by atoms with Crippen molar-refractivity contribution in [1.29, 1.82) is 0 Å². The number of hydrogen-bond donors (Lipinski definition) is 2. The number of halogens is 1. The minimum Gasteiger partial charge on any atom is -0.481 e. The van der Waals surface area contributed by atoms with Crippen molar-refractivity contribution in [1.82, 2.24) is 25.5 Å². The molecule has 1 fully saturated rings. The molecule has 5 rings (SSSR count). The second-order valence-electron chi connectivity index (χ2n) is 9.27. The molecule has 0 bridgehead atoms. The number of aliphatic carboxylic acids is 1. The van der Waals surface area contributed by atoms with Crippen LogP contribution in [-0.4, -0.2) is 49.1 Å². The number of carbonyl (C=O) groups excluding carboxylic acids is 1. The molecule has 186 valence electrons. The molecule has 0 unspecified atom stereocenters. The van der Waals surface area contributed by atoms with Crippen molar-refractivity contribution in [2.45, 2.75) is 45.6 Å². The molecule has 1 saturated carbocycles. The van der Waals surface area contributed by atoms with Crippen molar-refractivity contribution < 1.29 is 19.1 Å². The van der Waals surface area contributed by atoms with Crippen molar-refractivity contribution in [3.63, 3.8) is 0 Å². The van der Waals surface area contributed by atoms with Crippen LogP contribution in [0.2, 0.25) is 0 Å². The maximum Gasteiger partial charge on any atom is 0.311 e. The molecule has 0 aliphatic heterocycles. The second-order valence-corrected chi connectivity index (χ2v) is 10.1. The summed E-state index contributed by atoms with van der Waals surface area (Å²) in [6.07, 6.45) is 3.29. The summed E-state index contributed by atoms with van der Waals surface area (Å²) in [5, 5.41) is 25.0. The van der Waals surface area contributed by atoms with Crippen molar-refractivity contribution in [2.75, 3.05) is 6.54 Å². The molecule has 9 nitrogen and oxygen atoms in total. The first-order valence-electron chi connectivity index (χ1n) is 12.0. The van der Waals surface area contributed by atoms with E-state index < -0.39 is 11.4 Å². The Balaban J connectivity index is 1.48. The van der Waals surface area contributed by atoms with Crippen LogP contribution in [-0.2, 0) is 16.1 Å². The van der Waals surface area contributed by atoms with Crippen molar-refractivity contribution in [2.24, 2.45) is 5.41 Å². The molecule has 36 heavy (non-hydrogen) atoms. The number of hydrogen-bond acceptors (Lipinski definition) is 6. The number of furan rings is 1. The molecule has 2 aromatic heterocycles. The van der Waals surface area contributed by atoms with Gasteiger partial charge in [0, 0.05) is 36.0 Å². The second kappa shape index (κ2) is 9.85. The number of carbonyl (C=O) groups is 2. The molecule has 1 amide bonds. The third kappa shape index (κ3) is 4.41. The minimum atomic E-state index is -0.863. The zero-order valence-corrected chi connectivity index (χ0v) is 21.4. The Labute approximate surface area is 216 Å². The zero-order valence-electron chi connectivity index (χ0n) is 19.8. The number of carboxylic acid groups (broad SMARTS) is 1. The predicted octanol–water partition coefficient (Wildman–Crippen LogP) is 5.43. The number of nitrogens with zero attached hydrogens (tertiary/aromatic N) is 4. The third-order valence-corrected chi connectivity index (χ3v) is 7.79. The number of amides is 1. The lowest BCUT2D eigenvalue weighted by Crippen LogP contribution is -2.43. The monoisotopic (exact) mass is 551 g/mol. The van der Waals surface area contributed by atoms with Gasteiger partial charge in [0.25, 0.3) is 0 Å². The zero-order chi connectivity index (χ0) is 25.3. The van der Waals surface area contributed by atoms with Crippen molar-refractivity contribution in [3.8, 4) is 22.7 Å². The number of tetrazole rings is 1. The SMILES string of the molecule is CCC(=O)N(Cc1ccc2oc(-c3ccccc3-c3nnn[nH]3)c(Br)c2c1)CC1(C(=O)O)CCCC1. The summed E-state index contributed by atoms with van der Waals surface area (Å²) in [4.78, 5) is 26.6. The van der Waals surface area contributed by atoms with E-state index in [0.717, 1.165) is 39.4 Å². The Morgan fingerprint density at radius 3 is 2.58 bits per heavy atom. The molecule has 2 aromatic carbocycles. The molecule has 0 spiro atoms. The highest BCUT2D eigenvalue weighted by atomic mass is 79.9. The Morgan fingerprint density at radius 2 is 1.92 bits per heavy atom. The molecule has 0 radical (unpaired) electrons. The van der Waals surface area contributed by atoms with E-state index in [-0.39, 0.29) is 12.5 Å². The van der Waals surface area contributed by atoms with Gasteiger partial charge in [-0.25, -0.2) is 5.10 Å². The normalized spacial score (nSPS) is 14.8. The van der Waals surface area contributed by atoms with E-state index in [0.29, 0.717) is 43.0 Å². The molecular weight excluding hydrogens is 526 g/mol. The predicted molar refractivity (Wildman–Crippen MR) is 137 cm³/mol. The van der Waals surface area contributed by atoms with E-state index in [2.05, 4.69) is 36.6 Å². The topological polar surface area (TPSA) is 125 Å². The molecule has 0 saturated heterocycles. The lowest BCUT2D eigenvalue weighted by atomic mass is 9.85. The highest BCUT2D eigenvalue weighted by molar-refractivity contribution is 9.10. The van der Waals surface area contributed by atoms with E-state index in [1.54, 1.807) is 11.8 Å². The fraction of sp³-hybridized carbons (Fsp3) is 0.346. The smallest absolute Gasteiger partial charge is 0.311 e. The number of carboxylic acids is 1. The Hall–Kier alpha value is -3.53. The summed E-state index contributed by atoms with van der Waals surface area (Å²) in [6.45, 7) is 2.37. The van der Waals surface area contributed by atoms with Crippen molar-refractivity contribution in [3.05, 3.63) is 52.5 Å². The third-order valence-electron chi connectivity index (χ3n) is 7.00. The molecule has 0 atom stereocenters. The van der Waals surface area contributed by atoms with Crippen LogP contribution in [0.4, 0.5) is 0 Å². The van der Waals surface area contributed by atoms with Gasteiger partial charge in [-0.2, -0.15) is 0 Å². The van der Waals surface area contributed by atoms with E-state index in [9.17, 15) is 14.7 Å². The number of H-pyrrole nitrogens is 1. The summed E-state index contributed by atoms with van der Waals surface area (Å²) in [6, 6.07) is 13.5. The van der Waals surface area contributed by atoms with Crippen LogP contribution in [0.5, 0.6) is 0 Å². The maximum absolute atomic E-state index is 12.8. The van der Waals surface area contributed by atoms with Gasteiger partial charge < -0.3 is 14.4 Å². The summed E-state index contributed by atoms with van der Waals surface area (Å²) in [7, 11) is 0. The van der Waals surface area contributed by atoms with Gasteiger partial charge in [-0.3, -0.25) is 9.59 Å². The van der Waals surface area contributed by atoms with Gasteiger partial charge in [-0.15, -0.1) is 5.10 Å². The fourth-order valence-electron chi connectivity index (χ4n) is 5.08. The fourth-order valence-corrected chi connectivity index (χ4v) is 5.68. The average molecular weight is 552 g/mol. The van der Waals surface area contributed by atoms with Crippen LogP contribution in [0.25, 0.3) is 33.7 Å². The first kappa shape index (κ1) is 24.2.